The van der Waals surface area contributed by atoms with Gasteiger partial charge in [-0.05, 0) is 32.8 Å². The Bertz CT molecular complexity index is 824. The number of nitro groups is 1. The second-order valence-electron chi connectivity index (χ2n) is 7.73. The number of carbonyl (C=O) groups excluding carboxylic acids is 3. The van der Waals surface area contributed by atoms with Crippen molar-refractivity contribution in [2.75, 3.05) is 52.4 Å². The van der Waals surface area contributed by atoms with Crippen LogP contribution in [-0.2, 0) is 4.79 Å². The number of nitrogens with zero attached hydrogens (tertiary/aromatic N) is 5. The van der Waals surface area contributed by atoms with Gasteiger partial charge in [-0.15, -0.1) is 0 Å². The van der Waals surface area contributed by atoms with Crippen LogP contribution in [0.3, 0.4) is 0 Å². The molecule has 0 bridgehead atoms. The first-order chi connectivity index (χ1) is 14.8. The standard InChI is InChI=1S/C20H29N5O5S/c1-3-21(4-2)20(28)24-9-7-15(8-10-24)18(26)22-11-13-23(14-12-22)19(27)16-5-6-17(31-16)25(29)30/h5-6,15H,3-4,7-14H2,1-2H3. The molecule has 0 aromatic carbocycles. The second kappa shape index (κ2) is 10.1. The van der Waals surface area contributed by atoms with Crippen LogP contribution in [0.4, 0.5) is 9.80 Å². The van der Waals surface area contributed by atoms with Crippen LogP contribution in [-0.4, -0.2) is 94.7 Å². The molecule has 0 atom stereocenters. The summed E-state index contributed by atoms with van der Waals surface area (Å²) in [6.07, 6.45) is 1.31. The third kappa shape index (κ3) is 5.15. The summed E-state index contributed by atoms with van der Waals surface area (Å²) in [4.78, 5) is 55.7. The minimum absolute atomic E-state index is 0.0387. The Kier molecular flexibility index (Phi) is 7.47. The van der Waals surface area contributed by atoms with Crippen molar-refractivity contribution in [2.24, 2.45) is 5.92 Å². The van der Waals surface area contributed by atoms with Gasteiger partial charge in [0.2, 0.25) is 5.91 Å². The summed E-state index contributed by atoms with van der Waals surface area (Å²) >= 11 is 0.874. The highest BCUT2D eigenvalue weighted by Crippen LogP contribution is 2.26. The van der Waals surface area contributed by atoms with Crippen LogP contribution in [0, 0.1) is 16.0 Å². The molecule has 0 unspecified atom stereocenters. The van der Waals surface area contributed by atoms with Gasteiger partial charge in [0.1, 0.15) is 0 Å². The zero-order valence-corrected chi connectivity index (χ0v) is 18.8. The maximum absolute atomic E-state index is 12.9. The van der Waals surface area contributed by atoms with E-state index < -0.39 is 4.92 Å². The SMILES string of the molecule is CCN(CC)C(=O)N1CCC(C(=O)N2CCN(C(=O)c3ccc([N+](=O)[O-])s3)CC2)CC1. The van der Waals surface area contributed by atoms with E-state index in [0.717, 1.165) is 11.3 Å². The number of carbonyl (C=O) groups is 3. The molecule has 3 rings (SSSR count). The fourth-order valence-electron chi connectivity index (χ4n) is 4.10. The summed E-state index contributed by atoms with van der Waals surface area (Å²) in [6.45, 7) is 8.18. The van der Waals surface area contributed by atoms with Gasteiger partial charge in [0, 0.05) is 64.3 Å². The normalized spacial score (nSPS) is 17.5. The molecule has 0 saturated carbocycles. The highest BCUT2D eigenvalue weighted by Gasteiger charge is 2.33. The monoisotopic (exact) mass is 451 g/mol. The molecule has 11 heteroatoms. The molecule has 2 aliphatic heterocycles. The van der Waals surface area contributed by atoms with Crippen molar-refractivity contribution < 1.29 is 19.3 Å². The number of likely N-dealkylation sites (tertiary alicyclic amines) is 1. The van der Waals surface area contributed by atoms with Crippen molar-refractivity contribution in [1.29, 1.82) is 0 Å². The first kappa shape index (κ1) is 23.0. The molecule has 0 spiro atoms. The molecule has 0 N–H and O–H groups in total. The summed E-state index contributed by atoms with van der Waals surface area (Å²) in [5.74, 6) is -0.231. The molecular weight excluding hydrogens is 422 g/mol. The molecule has 0 aliphatic carbocycles. The van der Waals surface area contributed by atoms with E-state index in [1.807, 2.05) is 18.7 Å². The molecule has 2 saturated heterocycles. The van der Waals surface area contributed by atoms with E-state index in [-0.39, 0.29) is 28.8 Å². The summed E-state index contributed by atoms with van der Waals surface area (Å²) < 4.78 is 0. The smallest absolute Gasteiger partial charge is 0.324 e. The second-order valence-corrected chi connectivity index (χ2v) is 8.79. The first-order valence-corrected chi connectivity index (χ1v) is 11.5. The third-order valence-electron chi connectivity index (χ3n) is 6.01. The van der Waals surface area contributed by atoms with Crippen molar-refractivity contribution in [3.05, 3.63) is 27.1 Å². The average Bonchev–Trinajstić information content (AvgIpc) is 3.30. The van der Waals surface area contributed by atoms with Crippen molar-refractivity contribution in [3.8, 4) is 0 Å². The van der Waals surface area contributed by atoms with Crippen molar-refractivity contribution in [3.63, 3.8) is 0 Å². The van der Waals surface area contributed by atoms with Gasteiger partial charge in [0.25, 0.3) is 5.91 Å². The van der Waals surface area contributed by atoms with Crippen LogP contribution in [0.15, 0.2) is 12.1 Å². The van der Waals surface area contributed by atoms with Crippen LogP contribution in [0.2, 0.25) is 0 Å². The molecule has 1 aromatic heterocycles. The number of amides is 4. The Hall–Kier alpha value is -2.69. The average molecular weight is 452 g/mol. The number of piperazine rings is 1. The van der Waals surface area contributed by atoms with Crippen LogP contribution in [0.5, 0.6) is 0 Å². The molecule has 170 valence electrons. The van der Waals surface area contributed by atoms with Crippen LogP contribution >= 0.6 is 11.3 Å². The Labute approximate surface area is 185 Å². The molecule has 3 heterocycles. The van der Waals surface area contributed by atoms with Crippen LogP contribution in [0.1, 0.15) is 36.4 Å². The van der Waals surface area contributed by atoms with E-state index in [9.17, 15) is 24.5 Å². The predicted octanol–water partition coefficient (Wildman–Crippen LogP) is 2.11. The minimum atomic E-state index is -0.501. The van der Waals surface area contributed by atoms with Crippen molar-refractivity contribution >= 4 is 34.2 Å². The zero-order chi connectivity index (χ0) is 22.5. The number of urea groups is 1. The fourth-order valence-corrected chi connectivity index (χ4v) is 4.88. The number of piperidine rings is 1. The fraction of sp³-hybridized carbons (Fsp3) is 0.650. The van der Waals surface area contributed by atoms with E-state index in [1.54, 1.807) is 14.7 Å². The molecule has 4 amide bonds. The van der Waals surface area contributed by atoms with Gasteiger partial charge >= 0.3 is 11.0 Å². The molecule has 2 fully saturated rings. The van der Waals surface area contributed by atoms with Gasteiger partial charge in [0.15, 0.2) is 0 Å². The number of rotatable bonds is 5. The van der Waals surface area contributed by atoms with Crippen LogP contribution in [0.25, 0.3) is 0 Å². The molecule has 31 heavy (non-hydrogen) atoms. The topological polar surface area (TPSA) is 107 Å². The first-order valence-electron chi connectivity index (χ1n) is 10.7. The van der Waals surface area contributed by atoms with Crippen LogP contribution < -0.4 is 0 Å². The Morgan fingerprint density at radius 3 is 2.10 bits per heavy atom. The highest BCUT2D eigenvalue weighted by molar-refractivity contribution is 7.17. The highest BCUT2D eigenvalue weighted by atomic mass is 32.1. The Morgan fingerprint density at radius 1 is 1.00 bits per heavy atom. The molecule has 10 nitrogen and oxygen atoms in total. The molecule has 2 aliphatic rings. The maximum Gasteiger partial charge on any atom is 0.324 e. The summed E-state index contributed by atoms with van der Waals surface area (Å²) in [5, 5.41) is 10.8. The lowest BCUT2D eigenvalue weighted by molar-refractivity contribution is -0.380. The zero-order valence-electron chi connectivity index (χ0n) is 18.0. The number of hydrogen-bond donors (Lipinski definition) is 0. The van der Waals surface area contributed by atoms with E-state index in [0.29, 0.717) is 70.1 Å². The van der Waals surface area contributed by atoms with E-state index >= 15 is 0 Å². The summed E-state index contributed by atoms with van der Waals surface area (Å²) in [6, 6.07) is 2.86. The quantitative estimate of drug-likeness (QED) is 0.503. The Morgan fingerprint density at radius 2 is 1.58 bits per heavy atom. The third-order valence-corrected chi connectivity index (χ3v) is 7.03. The van der Waals surface area contributed by atoms with Gasteiger partial charge in [-0.25, -0.2) is 4.79 Å². The number of hydrogen-bond acceptors (Lipinski definition) is 6. The summed E-state index contributed by atoms with van der Waals surface area (Å²) in [7, 11) is 0. The van der Waals surface area contributed by atoms with Gasteiger partial charge in [-0.2, -0.15) is 0 Å². The van der Waals surface area contributed by atoms with Crippen molar-refractivity contribution in [2.45, 2.75) is 26.7 Å². The molecule has 1 aromatic rings. The maximum atomic E-state index is 12.9. The minimum Gasteiger partial charge on any atom is -0.339 e. The van der Waals surface area contributed by atoms with Gasteiger partial charge in [0.05, 0.1) is 9.80 Å². The molecular formula is C20H29N5O5S. The number of thiophene rings is 1. The van der Waals surface area contributed by atoms with E-state index in [4.69, 9.17) is 0 Å². The van der Waals surface area contributed by atoms with Gasteiger partial charge in [-0.3, -0.25) is 19.7 Å². The van der Waals surface area contributed by atoms with E-state index in [2.05, 4.69) is 0 Å². The van der Waals surface area contributed by atoms with Gasteiger partial charge in [-0.1, -0.05) is 11.3 Å². The lowest BCUT2D eigenvalue weighted by Crippen LogP contribution is -2.53. The Balaban J connectivity index is 1.47. The molecule has 0 radical (unpaired) electrons. The lowest BCUT2D eigenvalue weighted by Gasteiger charge is -2.39. The predicted molar refractivity (Wildman–Crippen MR) is 116 cm³/mol. The summed E-state index contributed by atoms with van der Waals surface area (Å²) in [5.41, 5.74) is 0. The van der Waals surface area contributed by atoms with Gasteiger partial charge < -0.3 is 19.6 Å². The lowest BCUT2D eigenvalue weighted by atomic mass is 9.95. The van der Waals surface area contributed by atoms with Crippen molar-refractivity contribution in [1.82, 2.24) is 19.6 Å². The van der Waals surface area contributed by atoms with E-state index in [1.165, 1.54) is 12.1 Å². The largest absolute Gasteiger partial charge is 0.339 e.